The van der Waals surface area contributed by atoms with Crippen LogP contribution in [-0.2, 0) is 0 Å². The Bertz CT molecular complexity index is 758. The van der Waals surface area contributed by atoms with Gasteiger partial charge >= 0.3 is 0 Å². The molecule has 0 atom stereocenters. The zero-order valence-electron chi connectivity index (χ0n) is 12.7. The minimum absolute atomic E-state index is 0.402. The maximum atomic E-state index is 5.94. The lowest BCUT2D eigenvalue weighted by molar-refractivity contribution is 0.297. The van der Waals surface area contributed by atoms with Gasteiger partial charge < -0.3 is 9.15 Å². The number of furan rings is 1. The van der Waals surface area contributed by atoms with Crippen molar-refractivity contribution in [2.45, 2.75) is 19.8 Å². The van der Waals surface area contributed by atoms with Crippen LogP contribution in [-0.4, -0.2) is 21.8 Å². The monoisotopic (exact) mass is 329 g/mol. The molecule has 0 bridgehead atoms. The summed E-state index contributed by atoms with van der Waals surface area (Å²) in [5, 5.41) is 9.08. The first kappa shape index (κ1) is 15.5. The van der Waals surface area contributed by atoms with Gasteiger partial charge in [-0.2, -0.15) is 4.98 Å². The molecule has 3 rings (SSSR count). The minimum atomic E-state index is 0.402. The molecular weight excluding hydrogens is 314 g/mol. The van der Waals surface area contributed by atoms with Gasteiger partial charge in [-0.05, 0) is 30.7 Å². The van der Waals surface area contributed by atoms with Gasteiger partial charge in [-0.25, -0.2) is 0 Å². The van der Waals surface area contributed by atoms with Crippen molar-refractivity contribution in [2.24, 2.45) is 0 Å². The molecule has 6 heteroatoms. The topological polar surface area (TPSA) is 61.0 Å². The highest BCUT2D eigenvalue weighted by Gasteiger charge is 2.15. The molecule has 0 radical (unpaired) electrons. The number of rotatable bonds is 6. The molecule has 0 amide bonds. The smallest absolute Gasteiger partial charge is 0.244 e. The van der Waals surface area contributed by atoms with Crippen LogP contribution in [0.4, 0.5) is 0 Å². The molecular formula is C17H16ClN3O2. The van der Waals surface area contributed by atoms with E-state index in [9.17, 15) is 0 Å². The highest BCUT2D eigenvalue weighted by Crippen LogP contribution is 2.28. The number of ether oxygens (including phenoxy) is 1. The second kappa shape index (κ2) is 7.24. The number of halogens is 1. The molecule has 2 aromatic heterocycles. The van der Waals surface area contributed by atoms with Gasteiger partial charge in [-0.15, -0.1) is 10.2 Å². The maximum Gasteiger partial charge on any atom is 0.244 e. The van der Waals surface area contributed by atoms with Crippen LogP contribution in [0.3, 0.4) is 0 Å². The minimum Gasteiger partial charge on any atom is -0.476 e. The SMILES string of the molecule is CCCCOc1nc(-c2ccco2)nnc1-c1ccc(Cl)cc1. The Labute approximate surface area is 139 Å². The van der Waals surface area contributed by atoms with Gasteiger partial charge in [0.15, 0.2) is 11.5 Å². The zero-order valence-corrected chi connectivity index (χ0v) is 13.5. The Hall–Kier alpha value is -2.40. The molecule has 0 N–H and O–H groups in total. The van der Waals surface area contributed by atoms with Crippen LogP contribution in [0.25, 0.3) is 22.8 Å². The van der Waals surface area contributed by atoms with E-state index in [0.717, 1.165) is 18.4 Å². The summed E-state index contributed by atoms with van der Waals surface area (Å²) in [7, 11) is 0. The van der Waals surface area contributed by atoms with Crippen molar-refractivity contribution in [3.8, 4) is 28.7 Å². The summed E-state index contributed by atoms with van der Waals surface area (Å²) in [6.07, 6.45) is 3.56. The van der Waals surface area contributed by atoms with E-state index >= 15 is 0 Å². The Balaban J connectivity index is 1.98. The normalized spacial score (nSPS) is 10.7. The van der Waals surface area contributed by atoms with E-state index < -0.39 is 0 Å². The van der Waals surface area contributed by atoms with Gasteiger partial charge in [0.25, 0.3) is 0 Å². The molecule has 3 aromatic rings. The number of unbranched alkanes of at least 4 members (excludes halogenated alkanes) is 1. The van der Waals surface area contributed by atoms with Crippen molar-refractivity contribution in [1.82, 2.24) is 15.2 Å². The third kappa shape index (κ3) is 3.68. The van der Waals surface area contributed by atoms with Crippen molar-refractivity contribution in [2.75, 3.05) is 6.61 Å². The lowest BCUT2D eigenvalue weighted by atomic mass is 10.1. The maximum absolute atomic E-state index is 5.94. The predicted molar refractivity (Wildman–Crippen MR) is 88.4 cm³/mol. The molecule has 0 aliphatic heterocycles. The number of benzene rings is 1. The second-order valence-electron chi connectivity index (χ2n) is 4.98. The van der Waals surface area contributed by atoms with Crippen LogP contribution in [0.15, 0.2) is 47.1 Å². The fourth-order valence-corrected chi connectivity index (χ4v) is 2.15. The lowest BCUT2D eigenvalue weighted by Gasteiger charge is -2.10. The van der Waals surface area contributed by atoms with Gasteiger partial charge in [-0.3, -0.25) is 0 Å². The molecule has 0 saturated heterocycles. The first-order valence-electron chi connectivity index (χ1n) is 7.45. The molecule has 0 fully saturated rings. The van der Waals surface area contributed by atoms with Gasteiger partial charge in [0.05, 0.1) is 12.9 Å². The van der Waals surface area contributed by atoms with Crippen LogP contribution in [0.2, 0.25) is 5.02 Å². The Kier molecular flexibility index (Phi) is 4.88. The third-order valence-corrected chi connectivity index (χ3v) is 3.50. The van der Waals surface area contributed by atoms with Gasteiger partial charge in [0.1, 0.15) is 0 Å². The molecule has 0 aliphatic carbocycles. The predicted octanol–water partition coefficient (Wildman–Crippen LogP) is 4.63. The van der Waals surface area contributed by atoms with E-state index in [2.05, 4.69) is 22.1 Å². The largest absolute Gasteiger partial charge is 0.476 e. The Morgan fingerprint density at radius 2 is 1.96 bits per heavy atom. The van der Waals surface area contributed by atoms with Crippen LogP contribution in [0.5, 0.6) is 5.88 Å². The van der Waals surface area contributed by atoms with Crippen LogP contribution < -0.4 is 4.74 Å². The molecule has 0 aliphatic rings. The van der Waals surface area contributed by atoms with Crippen LogP contribution >= 0.6 is 11.6 Å². The van der Waals surface area contributed by atoms with Crippen molar-refractivity contribution in [3.05, 3.63) is 47.7 Å². The first-order valence-corrected chi connectivity index (χ1v) is 7.83. The van der Waals surface area contributed by atoms with Gasteiger partial charge in [-0.1, -0.05) is 37.1 Å². The van der Waals surface area contributed by atoms with Gasteiger partial charge in [0, 0.05) is 10.6 Å². The van der Waals surface area contributed by atoms with Crippen molar-refractivity contribution in [3.63, 3.8) is 0 Å². The second-order valence-corrected chi connectivity index (χ2v) is 5.41. The summed E-state index contributed by atoms with van der Waals surface area (Å²) in [5.74, 6) is 1.40. The highest BCUT2D eigenvalue weighted by atomic mass is 35.5. The van der Waals surface area contributed by atoms with Crippen molar-refractivity contribution in [1.29, 1.82) is 0 Å². The van der Waals surface area contributed by atoms with E-state index in [-0.39, 0.29) is 0 Å². The zero-order chi connectivity index (χ0) is 16.1. The molecule has 2 heterocycles. The Morgan fingerprint density at radius 3 is 2.65 bits per heavy atom. The fourth-order valence-electron chi connectivity index (χ4n) is 2.02. The molecule has 23 heavy (non-hydrogen) atoms. The molecule has 118 valence electrons. The summed E-state index contributed by atoms with van der Waals surface area (Å²) in [6, 6.07) is 10.9. The van der Waals surface area contributed by atoms with E-state index in [0.29, 0.717) is 34.8 Å². The van der Waals surface area contributed by atoms with Crippen molar-refractivity contribution >= 4 is 11.6 Å². The number of nitrogens with zero attached hydrogens (tertiary/aromatic N) is 3. The fraction of sp³-hybridized carbons (Fsp3) is 0.235. The summed E-state index contributed by atoms with van der Waals surface area (Å²) in [5.41, 5.74) is 1.44. The molecule has 0 unspecified atom stereocenters. The van der Waals surface area contributed by atoms with E-state index in [4.69, 9.17) is 20.8 Å². The average Bonchev–Trinajstić information content (AvgIpc) is 3.10. The summed E-state index contributed by atoms with van der Waals surface area (Å²) in [6.45, 7) is 2.68. The molecule has 0 saturated carbocycles. The van der Waals surface area contributed by atoms with Crippen LogP contribution in [0.1, 0.15) is 19.8 Å². The van der Waals surface area contributed by atoms with E-state index in [1.54, 1.807) is 30.5 Å². The standard InChI is InChI=1S/C17H16ClN3O2/c1-2-3-10-23-17-15(12-6-8-13(18)9-7-12)20-21-16(19-17)14-5-4-11-22-14/h4-9,11H,2-3,10H2,1H3. The molecule has 1 aromatic carbocycles. The summed E-state index contributed by atoms with van der Waals surface area (Å²) >= 11 is 5.94. The van der Waals surface area contributed by atoms with Crippen LogP contribution in [0, 0.1) is 0 Å². The quantitative estimate of drug-likeness (QED) is 0.617. The van der Waals surface area contributed by atoms with E-state index in [1.807, 2.05) is 12.1 Å². The van der Waals surface area contributed by atoms with Gasteiger partial charge in [0.2, 0.25) is 11.7 Å². The first-order chi connectivity index (χ1) is 11.3. The molecule has 0 spiro atoms. The number of hydrogen-bond donors (Lipinski definition) is 0. The number of hydrogen-bond acceptors (Lipinski definition) is 5. The van der Waals surface area contributed by atoms with Crippen molar-refractivity contribution < 1.29 is 9.15 Å². The summed E-state index contributed by atoms with van der Waals surface area (Å²) < 4.78 is 11.1. The Morgan fingerprint density at radius 1 is 1.13 bits per heavy atom. The molecule has 5 nitrogen and oxygen atoms in total. The lowest BCUT2D eigenvalue weighted by Crippen LogP contribution is -2.04. The van der Waals surface area contributed by atoms with E-state index in [1.165, 1.54) is 0 Å². The highest BCUT2D eigenvalue weighted by molar-refractivity contribution is 6.30. The summed E-state index contributed by atoms with van der Waals surface area (Å²) in [4.78, 5) is 4.46. The average molecular weight is 330 g/mol. The third-order valence-electron chi connectivity index (χ3n) is 3.25. The number of aromatic nitrogens is 3.